The maximum atomic E-state index is 11.8. The second kappa shape index (κ2) is 6.23. The van der Waals surface area contributed by atoms with E-state index in [0.717, 1.165) is 38.4 Å². The minimum Gasteiger partial charge on any atom is -0.468 e. The molecule has 5 heteroatoms. The van der Waals surface area contributed by atoms with E-state index in [4.69, 9.17) is 10.5 Å². The van der Waals surface area contributed by atoms with Crippen LogP contribution in [0.5, 0.6) is 0 Å². The number of methoxy groups -OCH3 is 1. The third-order valence-corrected chi connectivity index (χ3v) is 5.82. The Morgan fingerprint density at radius 2 is 1.62 bits per heavy atom. The zero-order valence-corrected chi connectivity index (χ0v) is 13.2. The summed E-state index contributed by atoms with van der Waals surface area (Å²) in [6.07, 6.45) is 8.12. The van der Waals surface area contributed by atoms with Gasteiger partial charge >= 0.3 is 5.97 Å². The summed E-state index contributed by atoms with van der Waals surface area (Å²) in [6.45, 7) is 4.60. The van der Waals surface area contributed by atoms with Gasteiger partial charge in [-0.2, -0.15) is 0 Å². The van der Waals surface area contributed by atoms with E-state index in [0.29, 0.717) is 6.04 Å². The van der Waals surface area contributed by atoms with Crippen molar-refractivity contribution < 1.29 is 9.53 Å². The number of carbonyl (C=O) groups is 1. The zero-order valence-electron chi connectivity index (χ0n) is 13.2. The van der Waals surface area contributed by atoms with Gasteiger partial charge in [-0.25, -0.2) is 0 Å². The van der Waals surface area contributed by atoms with Crippen LogP contribution in [0.4, 0.5) is 0 Å². The number of rotatable bonds is 3. The van der Waals surface area contributed by atoms with Gasteiger partial charge in [-0.1, -0.05) is 12.8 Å². The van der Waals surface area contributed by atoms with Gasteiger partial charge in [-0.15, -0.1) is 0 Å². The monoisotopic (exact) mass is 295 g/mol. The molecule has 1 heterocycles. The van der Waals surface area contributed by atoms with Crippen molar-refractivity contribution in [2.75, 3.05) is 33.3 Å². The lowest BCUT2D eigenvalue weighted by molar-refractivity contribution is -0.147. The highest BCUT2D eigenvalue weighted by atomic mass is 16.5. The minimum absolute atomic E-state index is 0.241. The van der Waals surface area contributed by atoms with Crippen LogP contribution in [0.3, 0.4) is 0 Å². The Balaban J connectivity index is 1.50. The molecule has 2 aliphatic carbocycles. The number of piperazine rings is 1. The lowest BCUT2D eigenvalue weighted by Crippen LogP contribution is -2.53. The van der Waals surface area contributed by atoms with E-state index in [9.17, 15) is 4.79 Å². The first-order valence-corrected chi connectivity index (χ1v) is 8.48. The van der Waals surface area contributed by atoms with E-state index in [1.54, 1.807) is 0 Å². The highest BCUT2D eigenvalue weighted by Gasteiger charge is 2.45. The largest absolute Gasteiger partial charge is 0.468 e. The summed E-state index contributed by atoms with van der Waals surface area (Å²) >= 11 is 0. The molecule has 3 aliphatic rings. The lowest BCUT2D eigenvalue weighted by Gasteiger charge is -2.40. The van der Waals surface area contributed by atoms with Crippen molar-refractivity contribution in [3.8, 4) is 0 Å². The fraction of sp³-hybridized carbons (Fsp3) is 0.938. The van der Waals surface area contributed by atoms with Crippen LogP contribution < -0.4 is 5.73 Å². The molecule has 0 aromatic rings. The van der Waals surface area contributed by atoms with Crippen LogP contribution in [0.2, 0.25) is 0 Å². The molecule has 0 aromatic carbocycles. The summed E-state index contributed by atoms with van der Waals surface area (Å²) in [5.74, 6) is -0.241. The van der Waals surface area contributed by atoms with Crippen LogP contribution in [-0.2, 0) is 9.53 Å². The Labute approximate surface area is 127 Å². The molecule has 0 aromatic heterocycles. The van der Waals surface area contributed by atoms with E-state index >= 15 is 0 Å². The van der Waals surface area contributed by atoms with E-state index in [2.05, 4.69) is 9.80 Å². The molecule has 0 bridgehead atoms. The van der Waals surface area contributed by atoms with Gasteiger partial charge in [0, 0.05) is 38.3 Å². The van der Waals surface area contributed by atoms with Crippen molar-refractivity contribution in [3.63, 3.8) is 0 Å². The molecule has 120 valence electrons. The SMILES string of the molecule is COC(=O)C1(N)CCC(N2CCN(C3CCCC3)CC2)C1. The van der Waals surface area contributed by atoms with Gasteiger partial charge in [0.15, 0.2) is 0 Å². The Morgan fingerprint density at radius 3 is 2.19 bits per heavy atom. The standard InChI is InChI=1S/C16H29N3O2/c1-21-15(20)16(17)7-6-14(12-16)19-10-8-18(9-11-19)13-4-2-3-5-13/h13-14H,2-12,17H2,1H3. The topological polar surface area (TPSA) is 58.8 Å². The number of esters is 1. The molecular weight excluding hydrogens is 266 g/mol. The van der Waals surface area contributed by atoms with Gasteiger partial charge in [0.1, 0.15) is 5.54 Å². The number of ether oxygens (including phenoxy) is 1. The summed E-state index contributed by atoms with van der Waals surface area (Å²) < 4.78 is 4.87. The number of hydrogen-bond acceptors (Lipinski definition) is 5. The molecule has 0 amide bonds. The minimum atomic E-state index is -0.748. The summed E-state index contributed by atoms with van der Waals surface area (Å²) in [4.78, 5) is 17.0. The molecule has 2 N–H and O–H groups in total. The van der Waals surface area contributed by atoms with Gasteiger partial charge < -0.3 is 10.5 Å². The third-order valence-electron chi connectivity index (χ3n) is 5.82. The molecule has 5 nitrogen and oxygen atoms in total. The molecule has 2 saturated carbocycles. The number of nitrogens with two attached hydrogens (primary N) is 1. The van der Waals surface area contributed by atoms with E-state index in [1.807, 2.05) is 0 Å². The first kappa shape index (κ1) is 15.3. The van der Waals surface area contributed by atoms with Crippen molar-refractivity contribution in [2.45, 2.75) is 62.6 Å². The normalized spacial score (nSPS) is 36.2. The van der Waals surface area contributed by atoms with Crippen molar-refractivity contribution in [3.05, 3.63) is 0 Å². The quantitative estimate of drug-likeness (QED) is 0.786. The van der Waals surface area contributed by atoms with Crippen LogP contribution in [0.15, 0.2) is 0 Å². The maximum Gasteiger partial charge on any atom is 0.325 e. The van der Waals surface area contributed by atoms with Gasteiger partial charge in [0.25, 0.3) is 0 Å². The average Bonchev–Trinajstić information content (AvgIpc) is 3.17. The predicted octanol–water partition coefficient (Wildman–Crippen LogP) is 0.970. The zero-order chi connectivity index (χ0) is 14.9. The number of carbonyl (C=O) groups excluding carboxylic acids is 1. The van der Waals surface area contributed by atoms with Gasteiger partial charge in [0.2, 0.25) is 0 Å². The number of hydrogen-bond donors (Lipinski definition) is 1. The Bertz CT molecular complexity index is 376. The molecule has 3 fully saturated rings. The summed E-state index contributed by atoms with van der Waals surface area (Å²) in [7, 11) is 1.44. The summed E-state index contributed by atoms with van der Waals surface area (Å²) in [5.41, 5.74) is 5.48. The van der Waals surface area contributed by atoms with Crippen molar-refractivity contribution >= 4 is 5.97 Å². The fourth-order valence-corrected chi connectivity index (χ4v) is 4.49. The molecule has 2 unspecified atom stereocenters. The lowest BCUT2D eigenvalue weighted by atomic mass is 9.99. The van der Waals surface area contributed by atoms with Gasteiger partial charge in [0.05, 0.1) is 7.11 Å². The first-order chi connectivity index (χ1) is 10.1. The van der Waals surface area contributed by atoms with E-state index in [1.165, 1.54) is 45.9 Å². The van der Waals surface area contributed by atoms with Crippen molar-refractivity contribution in [2.24, 2.45) is 5.73 Å². The summed E-state index contributed by atoms with van der Waals surface area (Å²) in [6, 6.07) is 1.29. The second-order valence-corrected chi connectivity index (χ2v) is 7.05. The number of nitrogens with zero attached hydrogens (tertiary/aromatic N) is 2. The fourth-order valence-electron chi connectivity index (χ4n) is 4.49. The second-order valence-electron chi connectivity index (χ2n) is 7.05. The predicted molar refractivity (Wildman–Crippen MR) is 82.0 cm³/mol. The van der Waals surface area contributed by atoms with Crippen LogP contribution in [0, 0.1) is 0 Å². The van der Waals surface area contributed by atoms with Crippen LogP contribution in [0.25, 0.3) is 0 Å². The Kier molecular flexibility index (Phi) is 4.52. The van der Waals surface area contributed by atoms with Gasteiger partial charge in [-0.3, -0.25) is 14.6 Å². The molecule has 1 aliphatic heterocycles. The van der Waals surface area contributed by atoms with Crippen LogP contribution >= 0.6 is 0 Å². The molecular formula is C16H29N3O2. The van der Waals surface area contributed by atoms with E-state index < -0.39 is 5.54 Å². The molecule has 3 rings (SSSR count). The van der Waals surface area contributed by atoms with Gasteiger partial charge in [-0.05, 0) is 32.1 Å². The van der Waals surface area contributed by atoms with E-state index in [-0.39, 0.29) is 5.97 Å². The van der Waals surface area contributed by atoms with Crippen molar-refractivity contribution in [1.82, 2.24) is 9.80 Å². The average molecular weight is 295 g/mol. The Morgan fingerprint density at radius 1 is 1.05 bits per heavy atom. The van der Waals surface area contributed by atoms with Crippen LogP contribution in [0.1, 0.15) is 44.9 Å². The highest BCUT2D eigenvalue weighted by Crippen LogP contribution is 2.33. The van der Waals surface area contributed by atoms with Crippen LogP contribution in [-0.4, -0.2) is 66.7 Å². The molecule has 0 radical (unpaired) electrons. The summed E-state index contributed by atoms with van der Waals surface area (Å²) in [5, 5.41) is 0. The molecule has 21 heavy (non-hydrogen) atoms. The first-order valence-electron chi connectivity index (χ1n) is 8.48. The molecule has 0 spiro atoms. The maximum absolute atomic E-state index is 11.8. The Hall–Kier alpha value is -0.650. The molecule has 1 saturated heterocycles. The third kappa shape index (κ3) is 3.10. The van der Waals surface area contributed by atoms with Crippen molar-refractivity contribution in [1.29, 1.82) is 0 Å². The highest BCUT2D eigenvalue weighted by molar-refractivity contribution is 5.81. The molecule has 2 atom stereocenters. The smallest absolute Gasteiger partial charge is 0.325 e.